The average molecular weight is 581 g/mol. The molecule has 2 aliphatic heterocycles. The van der Waals surface area contributed by atoms with Gasteiger partial charge in [0.1, 0.15) is 5.82 Å². The molecular weight excluding hydrogens is 546 g/mol. The van der Waals surface area contributed by atoms with Crippen molar-refractivity contribution in [1.82, 2.24) is 20.1 Å². The Morgan fingerprint density at radius 2 is 1.80 bits per heavy atom. The highest BCUT2D eigenvalue weighted by molar-refractivity contribution is 6.33. The number of amides is 1. The third-order valence-corrected chi connectivity index (χ3v) is 8.29. The normalized spacial score (nSPS) is 18.7. The van der Waals surface area contributed by atoms with Gasteiger partial charge in [0, 0.05) is 52.4 Å². The van der Waals surface area contributed by atoms with Gasteiger partial charge in [0.15, 0.2) is 11.6 Å². The lowest BCUT2D eigenvalue weighted by molar-refractivity contribution is 0.0690. The number of nitrogens with zero attached hydrogens (tertiary/aromatic N) is 5. The Labute approximate surface area is 245 Å². The quantitative estimate of drug-likeness (QED) is 0.412. The molecule has 41 heavy (non-hydrogen) atoms. The van der Waals surface area contributed by atoms with Crippen LogP contribution in [-0.2, 0) is 13.1 Å². The molecule has 0 radical (unpaired) electrons. The van der Waals surface area contributed by atoms with Crippen molar-refractivity contribution in [1.29, 1.82) is 5.26 Å². The zero-order valence-electron chi connectivity index (χ0n) is 23.0. The summed E-state index contributed by atoms with van der Waals surface area (Å²) in [6, 6.07) is 16.0. The van der Waals surface area contributed by atoms with Gasteiger partial charge in [-0.05, 0) is 74.3 Å². The Balaban J connectivity index is 0.00000405. The Kier molecular flexibility index (Phi) is 9.13. The monoisotopic (exact) mass is 580 g/mol. The van der Waals surface area contributed by atoms with Crippen LogP contribution in [0.2, 0.25) is 5.02 Å². The molecule has 5 rings (SSSR count). The lowest BCUT2D eigenvalue weighted by atomic mass is 9.99. The van der Waals surface area contributed by atoms with Gasteiger partial charge in [0.2, 0.25) is 0 Å². The van der Waals surface area contributed by atoms with Crippen LogP contribution in [0.1, 0.15) is 48.2 Å². The van der Waals surface area contributed by atoms with Crippen LogP contribution in [0.5, 0.6) is 0 Å². The molecular formula is C31H35ClF2N6O. The van der Waals surface area contributed by atoms with Gasteiger partial charge < -0.3 is 10.2 Å². The standard InChI is InChI=1S/C31H33ClF2N6O.H2/c1-21-19-39(12-13-40(21)26-8-10-38(11-9-26)20-23-4-2-22(16-35)3-5-23)30-27(32)15-25(18-36-30)31(41)37-17-24-6-7-28(33)29(34)14-24;/h2-7,14-15,18,21,26H,8-13,17,19-20H2,1H3,(H,37,41);1H/t21-;/m0./s1. The molecule has 2 aliphatic rings. The van der Waals surface area contributed by atoms with Crippen LogP contribution in [-0.4, -0.2) is 65.5 Å². The molecule has 1 atom stereocenters. The van der Waals surface area contributed by atoms with E-state index in [0.717, 1.165) is 64.2 Å². The van der Waals surface area contributed by atoms with E-state index in [4.69, 9.17) is 16.9 Å². The maximum atomic E-state index is 13.4. The van der Waals surface area contributed by atoms with Gasteiger partial charge >= 0.3 is 0 Å². The van der Waals surface area contributed by atoms with Crippen LogP contribution >= 0.6 is 11.6 Å². The highest BCUT2D eigenvalue weighted by Crippen LogP contribution is 2.29. The number of piperazine rings is 1. The number of nitrogens with one attached hydrogen (secondary N) is 1. The number of nitriles is 1. The van der Waals surface area contributed by atoms with Crippen molar-refractivity contribution in [3.63, 3.8) is 0 Å². The van der Waals surface area contributed by atoms with Crippen LogP contribution in [0.15, 0.2) is 54.7 Å². The topological polar surface area (TPSA) is 75.5 Å². The summed E-state index contributed by atoms with van der Waals surface area (Å²) in [5.41, 5.74) is 2.69. The minimum atomic E-state index is -0.953. The highest BCUT2D eigenvalue weighted by atomic mass is 35.5. The van der Waals surface area contributed by atoms with Gasteiger partial charge in [-0.1, -0.05) is 29.8 Å². The molecule has 7 nitrogen and oxygen atoms in total. The Morgan fingerprint density at radius 3 is 2.46 bits per heavy atom. The van der Waals surface area contributed by atoms with E-state index in [1.165, 1.54) is 17.8 Å². The van der Waals surface area contributed by atoms with Crippen molar-refractivity contribution in [2.75, 3.05) is 37.6 Å². The van der Waals surface area contributed by atoms with E-state index in [2.05, 4.69) is 38.0 Å². The van der Waals surface area contributed by atoms with Crippen LogP contribution < -0.4 is 10.2 Å². The Bertz CT molecular complexity index is 1430. The number of halogens is 3. The fourth-order valence-corrected chi connectivity index (χ4v) is 6.07. The van der Waals surface area contributed by atoms with E-state index in [-0.39, 0.29) is 13.9 Å². The van der Waals surface area contributed by atoms with Gasteiger partial charge in [-0.2, -0.15) is 5.26 Å². The summed E-state index contributed by atoms with van der Waals surface area (Å²) in [5, 5.41) is 12.1. The van der Waals surface area contributed by atoms with E-state index in [1.807, 2.05) is 24.3 Å². The van der Waals surface area contributed by atoms with Gasteiger partial charge in [0.05, 0.1) is 22.2 Å². The van der Waals surface area contributed by atoms with Crippen molar-refractivity contribution in [3.05, 3.63) is 93.6 Å². The maximum absolute atomic E-state index is 13.4. The molecule has 2 fully saturated rings. The fraction of sp³-hybridized carbons (Fsp3) is 0.387. The number of rotatable bonds is 7. The lowest BCUT2D eigenvalue weighted by Crippen LogP contribution is -2.57. The third-order valence-electron chi connectivity index (χ3n) is 8.01. The van der Waals surface area contributed by atoms with E-state index < -0.39 is 11.6 Å². The van der Waals surface area contributed by atoms with Gasteiger partial charge in [0.25, 0.3) is 5.91 Å². The van der Waals surface area contributed by atoms with Crippen molar-refractivity contribution in [2.45, 2.75) is 44.9 Å². The van der Waals surface area contributed by atoms with Gasteiger partial charge in [-0.15, -0.1) is 0 Å². The van der Waals surface area contributed by atoms with E-state index in [1.54, 1.807) is 6.07 Å². The van der Waals surface area contributed by atoms with Crippen LogP contribution in [0, 0.1) is 23.0 Å². The summed E-state index contributed by atoms with van der Waals surface area (Å²) < 4.78 is 26.6. The molecule has 0 spiro atoms. The minimum absolute atomic E-state index is 0. The summed E-state index contributed by atoms with van der Waals surface area (Å²) in [6.45, 7) is 7.80. The summed E-state index contributed by atoms with van der Waals surface area (Å²) in [6.07, 6.45) is 3.74. The summed E-state index contributed by atoms with van der Waals surface area (Å²) in [7, 11) is 0. The minimum Gasteiger partial charge on any atom is -0.353 e. The number of hydrogen-bond donors (Lipinski definition) is 1. The number of piperidine rings is 1. The third kappa shape index (κ3) is 7.02. The molecule has 216 valence electrons. The molecule has 0 bridgehead atoms. The van der Waals surface area contributed by atoms with Crippen molar-refractivity contribution >= 4 is 23.3 Å². The summed E-state index contributed by atoms with van der Waals surface area (Å²) >= 11 is 6.58. The van der Waals surface area contributed by atoms with Crippen molar-refractivity contribution in [2.24, 2.45) is 0 Å². The SMILES string of the molecule is C[C@H]1CN(c2ncc(C(=O)NCc3ccc(F)c(F)c3)cc2Cl)CCN1C1CCN(Cc2ccc(C#N)cc2)CC1.[HH]. The summed E-state index contributed by atoms with van der Waals surface area (Å²) in [4.78, 5) is 24.4. The fourth-order valence-electron chi connectivity index (χ4n) is 5.78. The van der Waals surface area contributed by atoms with Gasteiger partial charge in [-0.3, -0.25) is 14.6 Å². The number of hydrogen-bond acceptors (Lipinski definition) is 6. The maximum Gasteiger partial charge on any atom is 0.253 e. The number of likely N-dealkylation sites (tertiary alicyclic amines) is 1. The second-order valence-electron chi connectivity index (χ2n) is 10.8. The molecule has 3 aromatic rings. The van der Waals surface area contributed by atoms with Crippen LogP contribution in [0.3, 0.4) is 0 Å². The second kappa shape index (κ2) is 12.9. The Hall–Kier alpha value is -3.58. The molecule has 1 amide bonds. The van der Waals surface area contributed by atoms with Crippen LogP contribution in [0.4, 0.5) is 14.6 Å². The van der Waals surface area contributed by atoms with Gasteiger partial charge in [-0.25, -0.2) is 13.8 Å². The number of aromatic nitrogens is 1. The first kappa shape index (κ1) is 28.9. The predicted octanol–water partition coefficient (Wildman–Crippen LogP) is 5.24. The summed E-state index contributed by atoms with van der Waals surface area (Å²) in [5.74, 6) is -1.61. The lowest BCUT2D eigenvalue weighted by Gasteiger charge is -2.47. The molecule has 0 aliphatic carbocycles. The molecule has 0 unspecified atom stereocenters. The Morgan fingerprint density at radius 1 is 1.07 bits per heavy atom. The van der Waals surface area contributed by atoms with Crippen LogP contribution in [0.25, 0.3) is 0 Å². The van der Waals surface area contributed by atoms with E-state index >= 15 is 0 Å². The zero-order chi connectivity index (χ0) is 28.9. The molecule has 2 saturated heterocycles. The molecule has 3 heterocycles. The second-order valence-corrected chi connectivity index (χ2v) is 11.2. The van der Waals surface area contributed by atoms with Crippen molar-refractivity contribution in [3.8, 4) is 6.07 Å². The highest BCUT2D eigenvalue weighted by Gasteiger charge is 2.32. The first-order chi connectivity index (χ1) is 19.8. The number of pyridine rings is 1. The smallest absolute Gasteiger partial charge is 0.253 e. The van der Waals surface area contributed by atoms with Crippen molar-refractivity contribution < 1.29 is 15.0 Å². The van der Waals surface area contributed by atoms with E-state index in [0.29, 0.717) is 39.6 Å². The zero-order valence-corrected chi connectivity index (χ0v) is 23.7. The largest absolute Gasteiger partial charge is 0.353 e. The predicted molar refractivity (Wildman–Crippen MR) is 157 cm³/mol. The average Bonchev–Trinajstić information content (AvgIpc) is 2.98. The molecule has 10 heteroatoms. The molecule has 2 aromatic carbocycles. The number of carbonyl (C=O) groups is 1. The number of benzene rings is 2. The van der Waals surface area contributed by atoms with E-state index in [9.17, 15) is 13.6 Å². The number of anilines is 1. The first-order valence-corrected chi connectivity index (χ1v) is 14.3. The molecule has 1 aromatic heterocycles. The first-order valence-electron chi connectivity index (χ1n) is 13.9. The number of carbonyl (C=O) groups excluding carboxylic acids is 1. The molecule has 1 N–H and O–H groups in total. The molecule has 0 saturated carbocycles.